The van der Waals surface area contributed by atoms with Gasteiger partial charge in [0, 0.05) is 26.7 Å². The molecule has 0 radical (unpaired) electrons. The first-order valence-electron chi connectivity index (χ1n) is 9.58. The van der Waals surface area contributed by atoms with Crippen molar-refractivity contribution < 1.29 is 19.0 Å². The number of likely N-dealkylation sites (tertiary alicyclic amines) is 1. The van der Waals surface area contributed by atoms with E-state index in [2.05, 4.69) is 34.3 Å². The molecule has 0 bridgehead atoms. The van der Waals surface area contributed by atoms with Gasteiger partial charge < -0.3 is 19.0 Å². The van der Waals surface area contributed by atoms with Crippen molar-refractivity contribution in [3.8, 4) is 11.5 Å². The highest BCUT2D eigenvalue weighted by atomic mass is 16.6. The van der Waals surface area contributed by atoms with Crippen LogP contribution in [0.5, 0.6) is 11.5 Å². The molecule has 2 aliphatic rings. The molecule has 0 aromatic heterocycles. The highest BCUT2D eigenvalue weighted by Crippen LogP contribution is 2.33. The molecule has 2 aromatic carbocycles. The molecule has 6 heteroatoms. The summed E-state index contributed by atoms with van der Waals surface area (Å²) in [4.78, 5) is 8.14. The van der Waals surface area contributed by atoms with Crippen molar-refractivity contribution in [1.82, 2.24) is 4.90 Å². The van der Waals surface area contributed by atoms with Gasteiger partial charge in [0.15, 0.2) is 11.5 Å². The van der Waals surface area contributed by atoms with E-state index in [9.17, 15) is 0 Å². The third-order valence-corrected chi connectivity index (χ3v) is 5.23. The smallest absolute Gasteiger partial charge is 0.161 e. The number of oxime groups is 1. The minimum absolute atomic E-state index is 0.130. The third kappa shape index (κ3) is 3.98. The summed E-state index contributed by atoms with van der Waals surface area (Å²) in [6.45, 7) is 3.68. The number of nitrogens with zero attached hydrogens (tertiary/aromatic N) is 2. The number of rotatable bonds is 8. The zero-order chi connectivity index (χ0) is 19.3. The Labute approximate surface area is 165 Å². The second-order valence-corrected chi connectivity index (χ2v) is 7.11. The number of hydrogen-bond donors (Lipinski definition) is 0. The lowest BCUT2D eigenvalue weighted by atomic mass is 9.95. The van der Waals surface area contributed by atoms with Crippen LogP contribution in [-0.4, -0.2) is 57.2 Å². The lowest BCUT2D eigenvalue weighted by Crippen LogP contribution is -2.23. The van der Waals surface area contributed by atoms with Crippen LogP contribution in [0.4, 0.5) is 0 Å². The Hall–Kier alpha value is -2.57. The van der Waals surface area contributed by atoms with Gasteiger partial charge in [-0.3, -0.25) is 4.90 Å². The second kappa shape index (κ2) is 8.63. The lowest BCUT2D eigenvalue weighted by molar-refractivity contribution is 0.0745. The van der Waals surface area contributed by atoms with Crippen molar-refractivity contribution in [1.29, 1.82) is 0 Å². The van der Waals surface area contributed by atoms with Gasteiger partial charge in [-0.05, 0) is 23.3 Å². The van der Waals surface area contributed by atoms with Gasteiger partial charge in [-0.1, -0.05) is 41.6 Å². The summed E-state index contributed by atoms with van der Waals surface area (Å²) < 4.78 is 16.3. The van der Waals surface area contributed by atoms with Crippen LogP contribution in [0.25, 0.3) is 0 Å². The van der Waals surface area contributed by atoms with Crippen molar-refractivity contribution in [2.75, 3.05) is 40.5 Å². The second-order valence-electron chi connectivity index (χ2n) is 7.11. The van der Waals surface area contributed by atoms with Crippen molar-refractivity contribution in [2.45, 2.75) is 12.6 Å². The van der Waals surface area contributed by atoms with Crippen molar-refractivity contribution in [2.24, 2.45) is 11.1 Å². The van der Waals surface area contributed by atoms with Crippen LogP contribution in [0.1, 0.15) is 11.1 Å². The van der Waals surface area contributed by atoms with E-state index in [-0.39, 0.29) is 6.10 Å². The maximum absolute atomic E-state index is 5.81. The van der Waals surface area contributed by atoms with Crippen LogP contribution in [0, 0.1) is 5.92 Å². The summed E-state index contributed by atoms with van der Waals surface area (Å²) in [5, 5.41) is 4.35. The molecular formula is C22H26N2O4. The molecular weight excluding hydrogens is 356 g/mol. The zero-order valence-electron chi connectivity index (χ0n) is 16.3. The highest BCUT2D eigenvalue weighted by molar-refractivity contribution is 6.03. The van der Waals surface area contributed by atoms with E-state index >= 15 is 0 Å². The molecule has 0 spiro atoms. The van der Waals surface area contributed by atoms with Gasteiger partial charge in [0.2, 0.25) is 0 Å². The first kappa shape index (κ1) is 18.8. The number of benzene rings is 2. The van der Waals surface area contributed by atoms with Gasteiger partial charge in [0.25, 0.3) is 0 Å². The Morgan fingerprint density at radius 2 is 1.89 bits per heavy atom. The predicted molar refractivity (Wildman–Crippen MR) is 107 cm³/mol. The van der Waals surface area contributed by atoms with Crippen molar-refractivity contribution >= 4 is 5.71 Å². The Kier molecular flexibility index (Phi) is 5.78. The Morgan fingerprint density at radius 1 is 1.04 bits per heavy atom. The largest absolute Gasteiger partial charge is 0.493 e. The molecule has 2 atom stereocenters. The molecule has 6 nitrogen and oxygen atoms in total. The molecule has 28 heavy (non-hydrogen) atoms. The molecule has 4 rings (SSSR count). The SMILES string of the molecule is COCCOc1cc(CN2C[C@@H]3ON=C(c4ccccc4)[C@@H]3C2)ccc1OC. The summed E-state index contributed by atoms with van der Waals surface area (Å²) >= 11 is 0. The van der Waals surface area contributed by atoms with E-state index in [1.807, 2.05) is 24.3 Å². The highest BCUT2D eigenvalue weighted by Gasteiger charge is 2.42. The summed E-state index contributed by atoms with van der Waals surface area (Å²) in [5.41, 5.74) is 3.40. The number of fused-ring (bicyclic) bond motifs is 1. The lowest BCUT2D eigenvalue weighted by Gasteiger charge is -2.18. The summed E-state index contributed by atoms with van der Waals surface area (Å²) in [5.74, 6) is 1.80. The fraction of sp³-hybridized carbons (Fsp3) is 0.409. The molecule has 2 heterocycles. The number of ether oxygens (including phenoxy) is 3. The molecule has 0 unspecified atom stereocenters. The standard InChI is InChI=1S/C22H26N2O4/c1-25-10-11-27-20-12-16(8-9-19(20)26-2)13-24-14-18-21(15-24)28-23-22(18)17-6-4-3-5-7-17/h3-9,12,18,21H,10-11,13-15H2,1-2H3/t18-,21+/m1/s1. The van der Waals surface area contributed by atoms with Crippen LogP contribution in [0.15, 0.2) is 53.7 Å². The Morgan fingerprint density at radius 3 is 2.68 bits per heavy atom. The fourth-order valence-electron chi connectivity index (χ4n) is 3.84. The maximum Gasteiger partial charge on any atom is 0.161 e. The van der Waals surface area contributed by atoms with E-state index in [0.29, 0.717) is 19.1 Å². The summed E-state index contributed by atoms with van der Waals surface area (Å²) in [6, 6.07) is 16.4. The molecule has 0 amide bonds. The van der Waals surface area contributed by atoms with Gasteiger partial charge >= 0.3 is 0 Å². The van der Waals surface area contributed by atoms with Gasteiger partial charge in [0.1, 0.15) is 12.7 Å². The first-order chi connectivity index (χ1) is 13.8. The van der Waals surface area contributed by atoms with Crippen molar-refractivity contribution in [3.05, 3.63) is 59.7 Å². The van der Waals surface area contributed by atoms with Gasteiger partial charge in [0.05, 0.1) is 25.3 Å². The average Bonchev–Trinajstić information content (AvgIpc) is 3.29. The van der Waals surface area contributed by atoms with E-state index in [1.165, 1.54) is 5.56 Å². The van der Waals surface area contributed by atoms with Crippen LogP contribution in [0.3, 0.4) is 0 Å². The molecule has 0 aliphatic carbocycles. The Balaban J connectivity index is 1.42. The van der Waals surface area contributed by atoms with Crippen LogP contribution < -0.4 is 9.47 Å². The normalized spacial score (nSPS) is 21.1. The minimum Gasteiger partial charge on any atom is -0.493 e. The molecule has 1 fully saturated rings. The Bertz CT molecular complexity index is 825. The number of hydrogen-bond acceptors (Lipinski definition) is 6. The molecule has 0 N–H and O–H groups in total. The predicted octanol–water partition coefficient (Wildman–Crippen LogP) is 2.96. The quantitative estimate of drug-likeness (QED) is 0.657. The summed E-state index contributed by atoms with van der Waals surface area (Å²) in [6.07, 6.45) is 0.130. The minimum atomic E-state index is 0.130. The van der Waals surface area contributed by atoms with Crippen LogP contribution >= 0.6 is 0 Å². The van der Waals surface area contributed by atoms with E-state index in [1.54, 1.807) is 14.2 Å². The summed E-state index contributed by atoms with van der Waals surface area (Å²) in [7, 11) is 3.32. The molecule has 2 aliphatic heterocycles. The fourth-order valence-corrected chi connectivity index (χ4v) is 3.84. The molecule has 148 valence electrons. The van der Waals surface area contributed by atoms with Crippen LogP contribution in [0.2, 0.25) is 0 Å². The van der Waals surface area contributed by atoms with Gasteiger partial charge in [-0.15, -0.1) is 0 Å². The van der Waals surface area contributed by atoms with E-state index in [0.717, 1.165) is 42.4 Å². The number of methoxy groups -OCH3 is 2. The molecule has 0 saturated carbocycles. The van der Waals surface area contributed by atoms with E-state index in [4.69, 9.17) is 19.0 Å². The maximum atomic E-state index is 5.81. The molecule has 2 aromatic rings. The first-order valence-corrected chi connectivity index (χ1v) is 9.58. The molecule has 1 saturated heterocycles. The zero-order valence-corrected chi connectivity index (χ0v) is 16.3. The van der Waals surface area contributed by atoms with E-state index < -0.39 is 0 Å². The topological polar surface area (TPSA) is 52.5 Å². The average molecular weight is 382 g/mol. The monoisotopic (exact) mass is 382 g/mol. The van der Waals surface area contributed by atoms with Gasteiger partial charge in [-0.25, -0.2) is 0 Å². The third-order valence-electron chi connectivity index (χ3n) is 5.23. The van der Waals surface area contributed by atoms with Gasteiger partial charge in [-0.2, -0.15) is 0 Å². The van der Waals surface area contributed by atoms with Crippen LogP contribution in [-0.2, 0) is 16.1 Å². The van der Waals surface area contributed by atoms with Crippen molar-refractivity contribution in [3.63, 3.8) is 0 Å².